The molecule has 0 spiro atoms. The Kier molecular flexibility index (Phi) is 2.56. The highest BCUT2D eigenvalue weighted by Crippen LogP contribution is 2.39. The van der Waals surface area contributed by atoms with Gasteiger partial charge in [0.15, 0.2) is 0 Å². The third-order valence-electron chi connectivity index (χ3n) is 3.48. The molecular formula is C14H18N2O. The summed E-state index contributed by atoms with van der Waals surface area (Å²) in [5.41, 5.74) is 8.32. The van der Waals surface area contributed by atoms with E-state index in [1.54, 1.807) is 7.11 Å². The van der Waals surface area contributed by atoms with E-state index in [1.807, 2.05) is 6.07 Å². The number of hydrogen-bond acceptors (Lipinski definition) is 2. The van der Waals surface area contributed by atoms with Gasteiger partial charge in [-0.05, 0) is 43.5 Å². The highest BCUT2D eigenvalue weighted by molar-refractivity contribution is 5.85. The normalized spacial score (nSPS) is 15.4. The molecule has 0 unspecified atom stereocenters. The third kappa shape index (κ3) is 1.80. The minimum Gasteiger partial charge on any atom is -0.497 e. The largest absolute Gasteiger partial charge is 0.497 e. The number of hydrogen-bond donors (Lipinski definition) is 1. The second-order valence-corrected chi connectivity index (χ2v) is 4.71. The molecule has 3 heteroatoms. The first kappa shape index (κ1) is 10.7. The summed E-state index contributed by atoms with van der Waals surface area (Å²) in [6, 6.07) is 7.00. The number of nitrogens with two attached hydrogens (primary N) is 1. The predicted molar refractivity (Wildman–Crippen MR) is 69.5 cm³/mol. The molecule has 1 aliphatic rings. The number of rotatable bonds is 4. The van der Waals surface area contributed by atoms with Crippen molar-refractivity contribution in [2.75, 3.05) is 13.7 Å². The highest BCUT2D eigenvalue weighted by Gasteiger charge is 2.25. The van der Waals surface area contributed by atoms with Crippen LogP contribution in [0.3, 0.4) is 0 Å². The van der Waals surface area contributed by atoms with E-state index >= 15 is 0 Å². The number of ether oxygens (including phenoxy) is 1. The highest BCUT2D eigenvalue weighted by atomic mass is 16.5. The first-order valence-electron chi connectivity index (χ1n) is 6.21. The Morgan fingerprint density at radius 2 is 2.24 bits per heavy atom. The number of nitrogens with zero attached hydrogens (tertiary/aromatic N) is 1. The van der Waals surface area contributed by atoms with Crippen LogP contribution in [0.5, 0.6) is 5.75 Å². The van der Waals surface area contributed by atoms with Crippen molar-refractivity contribution in [2.45, 2.75) is 25.3 Å². The van der Waals surface area contributed by atoms with Crippen molar-refractivity contribution in [1.29, 1.82) is 0 Å². The third-order valence-corrected chi connectivity index (χ3v) is 3.48. The molecule has 0 saturated heterocycles. The topological polar surface area (TPSA) is 40.2 Å². The smallest absolute Gasteiger partial charge is 0.120 e. The fraction of sp³-hybridized carbons (Fsp3) is 0.429. The van der Waals surface area contributed by atoms with Gasteiger partial charge in [0.1, 0.15) is 5.75 Å². The molecular weight excluding hydrogens is 212 g/mol. The van der Waals surface area contributed by atoms with E-state index in [-0.39, 0.29) is 0 Å². The van der Waals surface area contributed by atoms with Crippen LogP contribution in [0, 0.1) is 0 Å². The van der Waals surface area contributed by atoms with Crippen LogP contribution in [0.2, 0.25) is 0 Å². The summed E-state index contributed by atoms with van der Waals surface area (Å²) in [7, 11) is 1.71. The quantitative estimate of drug-likeness (QED) is 0.876. The first-order valence-corrected chi connectivity index (χ1v) is 6.21. The molecule has 90 valence electrons. The lowest BCUT2D eigenvalue weighted by atomic mass is 10.1. The zero-order valence-corrected chi connectivity index (χ0v) is 10.1. The van der Waals surface area contributed by atoms with Gasteiger partial charge >= 0.3 is 0 Å². The molecule has 0 radical (unpaired) electrons. The molecule has 1 fully saturated rings. The fourth-order valence-corrected chi connectivity index (χ4v) is 2.44. The lowest BCUT2D eigenvalue weighted by Gasteiger charge is -2.04. The molecule has 3 nitrogen and oxygen atoms in total. The van der Waals surface area contributed by atoms with Gasteiger partial charge < -0.3 is 15.0 Å². The van der Waals surface area contributed by atoms with Crippen LogP contribution < -0.4 is 10.5 Å². The summed E-state index contributed by atoms with van der Waals surface area (Å²) in [6.07, 6.45) is 5.81. The summed E-state index contributed by atoms with van der Waals surface area (Å²) < 4.78 is 7.70. The monoisotopic (exact) mass is 230 g/mol. The van der Waals surface area contributed by atoms with E-state index in [0.29, 0.717) is 12.6 Å². The minimum absolute atomic E-state index is 0.691. The molecule has 3 rings (SSSR count). The molecule has 0 aliphatic heterocycles. The van der Waals surface area contributed by atoms with Crippen molar-refractivity contribution in [1.82, 2.24) is 4.57 Å². The Hall–Kier alpha value is -1.48. The Morgan fingerprint density at radius 3 is 2.88 bits per heavy atom. The second kappa shape index (κ2) is 4.08. The predicted octanol–water partition coefficient (Wildman–Crippen LogP) is 2.49. The Bertz CT molecular complexity index is 540. The first-order chi connectivity index (χ1) is 8.33. The van der Waals surface area contributed by atoms with Gasteiger partial charge in [0, 0.05) is 23.7 Å². The number of methoxy groups -OCH3 is 1. The van der Waals surface area contributed by atoms with Gasteiger partial charge in [0.05, 0.1) is 12.6 Å². The lowest BCUT2D eigenvalue weighted by molar-refractivity contribution is 0.415. The summed E-state index contributed by atoms with van der Waals surface area (Å²) in [4.78, 5) is 0. The second-order valence-electron chi connectivity index (χ2n) is 4.71. The van der Waals surface area contributed by atoms with Crippen LogP contribution in [0.1, 0.15) is 24.4 Å². The average Bonchev–Trinajstić information content (AvgIpc) is 3.14. The molecule has 0 atom stereocenters. The van der Waals surface area contributed by atoms with Crippen molar-refractivity contribution in [3.05, 3.63) is 30.0 Å². The van der Waals surface area contributed by atoms with Crippen LogP contribution >= 0.6 is 0 Å². The zero-order valence-electron chi connectivity index (χ0n) is 10.1. The Morgan fingerprint density at radius 1 is 1.41 bits per heavy atom. The maximum absolute atomic E-state index is 5.67. The van der Waals surface area contributed by atoms with Gasteiger partial charge in [-0.25, -0.2) is 0 Å². The number of benzene rings is 1. The summed E-state index contributed by atoms with van der Waals surface area (Å²) in [6.45, 7) is 0.704. The molecule has 0 amide bonds. The molecule has 0 bridgehead atoms. The maximum atomic E-state index is 5.67. The van der Waals surface area contributed by atoms with E-state index < -0.39 is 0 Å². The van der Waals surface area contributed by atoms with Crippen molar-refractivity contribution in [2.24, 2.45) is 5.73 Å². The van der Waals surface area contributed by atoms with Crippen LogP contribution in [0.15, 0.2) is 24.4 Å². The van der Waals surface area contributed by atoms with Crippen molar-refractivity contribution < 1.29 is 4.74 Å². The zero-order chi connectivity index (χ0) is 11.8. The van der Waals surface area contributed by atoms with E-state index in [9.17, 15) is 0 Å². The standard InChI is InChI=1S/C14H18N2O/c1-17-12-4-5-13-10(6-7-15)9-16(11-2-3-11)14(13)8-12/h4-5,8-9,11H,2-3,6-7,15H2,1H3. The Balaban J connectivity index is 2.16. The average molecular weight is 230 g/mol. The van der Waals surface area contributed by atoms with E-state index in [2.05, 4.69) is 22.9 Å². The van der Waals surface area contributed by atoms with Gasteiger partial charge in [-0.1, -0.05) is 0 Å². The lowest BCUT2D eigenvalue weighted by Crippen LogP contribution is -2.02. The number of aromatic nitrogens is 1. The molecule has 1 aromatic carbocycles. The van der Waals surface area contributed by atoms with Gasteiger partial charge in [-0.15, -0.1) is 0 Å². The molecule has 1 aromatic heterocycles. The molecule has 1 heterocycles. The van der Waals surface area contributed by atoms with Crippen LogP contribution in [0.4, 0.5) is 0 Å². The molecule has 1 aliphatic carbocycles. The molecule has 1 saturated carbocycles. The van der Waals surface area contributed by atoms with Gasteiger partial charge in [0.25, 0.3) is 0 Å². The van der Waals surface area contributed by atoms with Gasteiger partial charge in [-0.3, -0.25) is 0 Å². The van der Waals surface area contributed by atoms with Crippen molar-refractivity contribution in [3.8, 4) is 5.75 Å². The fourth-order valence-electron chi connectivity index (χ4n) is 2.44. The number of fused-ring (bicyclic) bond motifs is 1. The van der Waals surface area contributed by atoms with Crippen LogP contribution in [0.25, 0.3) is 10.9 Å². The minimum atomic E-state index is 0.691. The van der Waals surface area contributed by atoms with E-state index in [0.717, 1.165) is 12.2 Å². The summed E-state index contributed by atoms with van der Waals surface area (Å²) >= 11 is 0. The van der Waals surface area contributed by atoms with Gasteiger partial charge in [0.2, 0.25) is 0 Å². The van der Waals surface area contributed by atoms with Crippen molar-refractivity contribution >= 4 is 10.9 Å². The van der Waals surface area contributed by atoms with Crippen molar-refractivity contribution in [3.63, 3.8) is 0 Å². The van der Waals surface area contributed by atoms with E-state index in [1.165, 1.54) is 29.3 Å². The van der Waals surface area contributed by atoms with E-state index in [4.69, 9.17) is 10.5 Å². The van der Waals surface area contributed by atoms with Gasteiger partial charge in [-0.2, -0.15) is 0 Å². The molecule has 17 heavy (non-hydrogen) atoms. The SMILES string of the molecule is COc1ccc2c(CCN)cn(C3CC3)c2c1. The molecule has 2 aromatic rings. The summed E-state index contributed by atoms with van der Waals surface area (Å²) in [5, 5.41) is 1.32. The maximum Gasteiger partial charge on any atom is 0.120 e. The molecule has 2 N–H and O–H groups in total. The Labute approximate surface area is 101 Å². The van der Waals surface area contributed by atoms with Crippen LogP contribution in [-0.2, 0) is 6.42 Å². The van der Waals surface area contributed by atoms with Crippen LogP contribution in [-0.4, -0.2) is 18.2 Å². The summed E-state index contributed by atoms with van der Waals surface area (Å²) in [5.74, 6) is 0.928.